The molecule has 0 radical (unpaired) electrons. The van der Waals surface area contributed by atoms with Crippen molar-refractivity contribution in [3.05, 3.63) is 40.9 Å². The van der Waals surface area contributed by atoms with E-state index in [1.807, 2.05) is 25.1 Å². The molecule has 0 aliphatic rings. The van der Waals surface area contributed by atoms with Crippen molar-refractivity contribution in [3.63, 3.8) is 0 Å². The quantitative estimate of drug-likeness (QED) is 0.911. The predicted octanol–water partition coefficient (Wildman–Crippen LogP) is 3.72. The summed E-state index contributed by atoms with van der Waals surface area (Å²) >= 11 is 3.45. The molecule has 1 heterocycles. The number of aromatic nitrogens is 1. The minimum atomic E-state index is 0.381. The molecule has 3 nitrogen and oxygen atoms in total. The average Bonchev–Trinajstić information content (AvgIpc) is 2.64. The van der Waals surface area contributed by atoms with Crippen LogP contribution in [0.5, 0.6) is 0 Å². The lowest BCUT2D eigenvalue weighted by atomic mass is 10.0. The maximum absolute atomic E-state index is 5.52. The van der Waals surface area contributed by atoms with Gasteiger partial charge in [-0.3, -0.25) is 0 Å². The standard InChI is InChI=1S/C12H11BrN2O/c1-7(2)8-3-9(5-10(13)4-8)11-6-12(14)15-16-11/h3-6H,1H2,2H3,(H2,14,15). The largest absolute Gasteiger partial charge is 0.381 e. The summed E-state index contributed by atoms with van der Waals surface area (Å²) in [4.78, 5) is 0. The molecule has 2 rings (SSSR count). The second-order valence-electron chi connectivity index (χ2n) is 3.62. The number of nitrogen functional groups attached to an aromatic ring is 1. The zero-order chi connectivity index (χ0) is 11.7. The van der Waals surface area contributed by atoms with E-state index in [9.17, 15) is 0 Å². The van der Waals surface area contributed by atoms with Crippen LogP contribution in [0.1, 0.15) is 12.5 Å². The average molecular weight is 279 g/mol. The molecule has 0 fully saturated rings. The number of anilines is 1. The molecule has 0 aliphatic heterocycles. The molecule has 1 aromatic carbocycles. The number of rotatable bonds is 2. The molecule has 82 valence electrons. The molecule has 2 N–H and O–H groups in total. The number of halogens is 1. The van der Waals surface area contributed by atoms with E-state index in [0.717, 1.165) is 21.2 Å². The zero-order valence-electron chi connectivity index (χ0n) is 8.83. The van der Waals surface area contributed by atoms with E-state index in [4.69, 9.17) is 10.3 Å². The van der Waals surface area contributed by atoms with Crippen molar-refractivity contribution in [2.24, 2.45) is 0 Å². The van der Waals surface area contributed by atoms with Gasteiger partial charge in [0.2, 0.25) is 0 Å². The van der Waals surface area contributed by atoms with Gasteiger partial charge in [-0.1, -0.05) is 33.2 Å². The molecule has 0 saturated heterocycles. The highest BCUT2D eigenvalue weighted by atomic mass is 79.9. The van der Waals surface area contributed by atoms with E-state index < -0.39 is 0 Å². The van der Waals surface area contributed by atoms with Crippen molar-refractivity contribution < 1.29 is 4.52 Å². The molecule has 0 unspecified atom stereocenters. The third kappa shape index (κ3) is 2.17. The monoisotopic (exact) mass is 278 g/mol. The summed E-state index contributed by atoms with van der Waals surface area (Å²) < 4.78 is 6.08. The van der Waals surface area contributed by atoms with Crippen molar-refractivity contribution in [1.29, 1.82) is 0 Å². The van der Waals surface area contributed by atoms with Crippen LogP contribution in [0.4, 0.5) is 5.82 Å². The Hall–Kier alpha value is -1.55. The summed E-state index contributed by atoms with van der Waals surface area (Å²) in [6, 6.07) is 7.65. The summed E-state index contributed by atoms with van der Waals surface area (Å²) in [5, 5.41) is 3.66. The summed E-state index contributed by atoms with van der Waals surface area (Å²) in [6.07, 6.45) is 0. The molecule has 16 heavy (non-hydrogen) atoms. The van der Waals surface area contributed by atoms with Crippen LogP contribution in [-0.4, -0.2) is 5.16 Å². The lowest BCUT2D eigenvalue weighted by Crippen LogP contribution is -1.82. The van der Waals surface area contributed by atoms with Gasteiger partial charge in [0.25, 0.3) is 0 Å². The minimum Gasteiger partial charge on any atom is -0.381 e. The van der Waals surface area contributed by atoms with Crippen molar-refractivity contribution in [3.8, 4) is 11.3 Å². The van der Waals surface area contributed by atoms with Crippen molar-refractivity contribution in [2.45, 2.75) is 6.92 Å². The van der Waals surface area contributed by atoms with Crippen LogP contribution in [0.3, 0.4) is 0 Å². The number of hydrogen-bond acceptors (Lipinski definition) is 3. The van der Waals surface area contributed by atoms with Crippen LogP contribution in [0.15, 0.2) is 39.8 Å². The Labute approximate surface area is 102 Å². The van der Waals surface area contributed by atoms with E-state index in [2.05, 4.69) is 27.7 Å². The third-order valence-corrected chi connectivity index (χ3v) is 2.66. The van der Waals surface area contributed by atoms with Crippen LogP contribution in [0.25, 0.3) is 16.9 Å². The van der Waals surface area contributed by atoms with Gasteiger partial charge in [0.1, 0.15) is 0 Å². The molecule has 0 spiro atoms. The highest BCUT2D eigenvalue weighted by Gasteiger charge is 2.07. The topological polar surface area (TPSA) is 52.0 Å². The lowest BCUT2D eigenvalue weighted by molar-refractivity contribution is 0.436. The Kier molecular flexibility index (Phi) is 2.83. The summed E-state index contributed by atoms with van der Waals surface area (Å²) in [7, 11) is 0. The third-order valence-electron chi connectivity index (χ3n) is 2.20. The Morgan fingerprint density at radius 2 is 2.12 bits per heavy atom. The fraction of sp³-hybridized carbons (Fsp3) is 0.0833. The van der Waals surface area contributed by atoms with E-state index in [0.29, 0.717) is 11.6 Å². The summed E-state index contributed by atoms with van der Waals surface area (Å²) in [5.74, 6) is 1.04. The van der Waals surface area contributed by atoms with Gasteiger partial charge in [0.05, 0.1) is 0 Å². The molecule has 0 saturated carbocycles. The van der Waals surface area contributed by atoms with Crippen LogP contribution in [-0.2, 0) is 0 Å². The second kappa shape index (κ2) is 4.14. The number of allylic oxidation sites excluding steroid dienone is 1. The highest BCUT2D eigenvalue weighted by molar-refractivity contribution is 9.10. The number of nitrogens with two attached hydrogens (primary N) is 1. The Morgan fingerprint density at radius 1 is 1.38 bits per heavy atom. The van der Waals surface area contributed by atoms with Crippen LogP contribution in [0, 0.1) is 0 Å². The molecular formula is C12H11BrN2O. The van der Waals surface area contributed by atoms with E-state index in [1.54, 1.807) is 6.07 Å². The lowest BCUT2D eigenvalue weighted by Gasteiger charge is -2.03. The molecule has 4 heteroatoms. The Balaban J connectivity index is 2.53. The first-order valence-electron chi connectivity index (χ1n) is 4.75. The first kappa shape index (κ1) is 11.0. The Bertz CT molecular complexity index is 546. The summed E-state index contributed by atoms with van der Waals surface area (Å²) in [6.45, 7) is 5.87. The van der Waals surface area contributed by atoms with Gasteiger partial charge in [-0.15, -0.1) is 0 Å². The van der Waals surface area contributed by atoms with E-state index >= 15 is 0 Å². The van der Waals surface area contributed by atoms with Gasteiger partial charge in [-0.25, -0.2) is 0 Å². The van der Waals surface area contributed by atoms with Gasteiger partial charge in [0, 0.05) is 16.1 Å². The SMILES string of the molecule is C=C(C)c1cc(Br)cc(-c2cc(N)no2)c1. The maximum Gasteiger partial charge on any atom is 0.169 e. The maximum atomic E-state index is 5.52. The number of hydrogen-bond donors (Lipinski definition) is 1. The van der Waals surface area contributed by atoms with Crippen molar-refractivity contribution in [1.82, 2.24) is 5.16 Å². The fourth-order valence-corrected chi connectivity index (χ4v) is 1.90. The van der Waals surface area contributed by atoms with Crippen LogP contribution >= 0.6 is 15.9 Å². The molecule has 0 bridgehead atoms. The molecule has 0 aliphatic carbocycles. The van der Waals surface area contributed by atoms with Crippen LogP contribution < -0.4 is 5.73 Å². The number of benzene rings is 1. The normalized spacial score (nSPS) is 10.4. The van der Waals surface area contributed by atoms with Gasteiger partial charge in [-0.2, -0.15) is 0 Å². The second-order valence-corrected chi connectivity index (χ2v) is 4.54. The summed E-state index contributed by atoms with van der Waals surface area (Å²) in [5.41, 5.74) is 8.50. The first-order valence-corrected chi connectivity index (χ1v) is 5.54. The van der Waals surface area contributed by atoms with Gasteiger partial charge in [-0.05, 0) is 30.7 Å². The van der Waals surface area contributed by atoms with Crippen molar-refractivity contribution in [2.75, 3.05) is 5.73 Å². The van der Waals surface area contributed by atoms with Gasteiger partial charge < -0.3 is 10.3 Å². The molecule has 0 amide bonds. The zero-order valence-corrected chi connectivity index (χ0v) is 10.4. The van der Waals surface area contributed by atoms with E-state index in [1.165, 1.54) is 0 Å². The molecule has 1 aromatic heterocycles. The fourth-order valence-electron chi connectivity index (χ4n) is 1.40. The van der Waals surface area contributed by atoms with Crippen LogP contribution in [0.2, 0.25) is 0 Å². The minimum absolute atomic E-state index is 0.381. The smallest absolute Gasteiger partial charge is 0.169 e. The number of nitrogens with zero attached hydrogens (tertiary/aromatic N) is 1. The van der Waals surface area contributed by atoms with Crippen molar-refractivity contribution >= 4 is 27.3 Å². The highest BCUT2D eigenvalue weighted by Crippen LogP contribution is 2.28. The predicted molar refractivity (Wildman–Crippen MR) is 68.8 cm³/mol. The van der Waals surface area contributed by atoms with Gasteiger partial charge >= 0.3 is 0 Å². The van der Waals surface area contributed by atoms with Gasteiger partial charge in [0.15, 0.2) is 11.6 Å². The molecular weight excluding hydrogens is 268 g/mol. The Morgan fingerprint density at radius 3 is 2.69 bits per heavy atom. The first-order chi connectivity index (χ1) is 7.56. The molecule has 2 aromatic rings. The van der Waals surface area contributed by atoms with E-state index in [-0.39, 0.29) is 0 Å². The molecule has 0 atom stereocenters.